The molecule has 0 bridgehead atoms. The third kappa shape index (κ3) is 4.56. The molecule has 1 fully saturated rings. The molecule has 0 N–H and O–H groups in total. The van der Waals surface area contributed by atoms with Gasteiger partial charge < -0.3 is 9.47 Å². The van der Waals surface area contributed by atoms with E-state index in [1.165, 1.54) is 16.7 Å². The monoisotopic (exact) mass is 351 g/mol. The number of carbonyl (C=O) groups is 2. The van der Waals surface area contributed by atoms with Crippen molar-refractivity contribution in [3.8, 4) is 5.75 Å². The number of amides is 1. The van der Waals surface area contributed by atoms with E-state index < -0.39 is 0 Å². The Balaban J connectivity index is 2.08. The summed E-state index contributed by atoms with van der Waals surface area (Å²) in [7, 11) is 1.59. The van der Waals surface area contributed by atoms with E-state index in [1.54, 1.807) is 20.1 Å². The summed E-state index contributed by atoms with van der Waals surface area (Å²) in [6.45, 7) is 2.31. The van der Waals surface area contributed by atoms with E-state index in [2.05, 4.69) is 0 Å². The lowest BCUT2D eigenvalue weighted by Gasteiger charge is -2.13. The standard InChI is InChI=1S/C16H17NO4S2/c1-3-21-14(18)7-8-17-15(19)13(23-16(17)22)10-11-5-4-6-12(9-11)20-2/h4-6,9-10H,3,7-8H2,1-2H3/b13-10-. The third-order valence-electron chi connectivity index (χ3n) is 3.11. The van der Waals surface area contributed by atoms with Crippen molar-refractivity contribution in [2.24, 2.45) is 0 Å². The van der Waals surface area contributed by atoms with Crippen LogP contribution in [-0.4, -0.2) is 41.4 Å². The number of nitrogens with zero attached hydrogens (tertiary/aromatic N) is 1. The van der Waals surface area contributed by atoms with Gasteiger partial charge in [-0.3, -0.25) is 14.5 Å². The first kappa shape index (κ1) is 17.5. The minimum absolute atomic E-state index is 0.132. The molecule has 0 atom stereocenters. The first-order valence-corrected chi connectivity index (χ1v) is 8.32. The van der Waals surface area contributed by atoms with Crippen LogP contribution < -0.4 is 4.74 Å². The Labute approximate surface area is 144 Å². The van der Waals surface area contributed by atoms with Crippen molar-refractivity contribution in [2.45, 2.75) is 13.3 Å². The largest absolute Gasteiger partial charge is 0.497 e. The van der Waals surface area contributed by atoms with Crippen molar-refractivity contribution in [1.82, 2.24) is 4.90 Å². The average molecular weight is 351 g/mol. The van der Waals surface area contributed by atoms with Gasteiger partial charge >= 0.3 is 5.97 Å². The first-order valence-electron chi connectivity index (χ1n) is 7.10. The molecule has 0 radical (unpaired) electrons. The van der Waals surface area contributed by atoms with E-state index in [9.17, 15) is 9.59 Å². The Morgan fingerprint density at radius 2 is 2.22 bits per heavy atom. The highest BCUT2D eigenvalue weighted by molar-refractivity contribution is 8.26. The van der Waals surface area contributed by atoms with Crippen molar-refractivity contribution in [3.05, 3.63) is 34.7 Å². The minimum Gasteiger partial charge on any atom is -0.497 e. The highest BCUT2D eigenvalue weighted by Gasteiger charge is 2.32. The van der Waals surface area contributed by atoms with Crippen LogP contribution in [0.15, 0.2) is 29.2 Å². The van der Waals surface area contributed by atoms with Gasteiger partial charge in [0.15, 0.2) is 0 Å². The molecule has 1 saturated heterocycles. The number of ether oxygens (including phenoxy) is 2. The highest BCUT2D eigenvalue weighted by atomic mass is 32.2. The van der Waals surface area contributed by atoms with Gasteiger partial charge in [0.2, 0.25) is 0 Å². The van der Waals surface area contributed by atoms with E-state index in [0.717, 1.165) is 11.3 Å². The molecule has 122 valence electrons. The lowest BCUT2D eigenvalue weighted by Crippen LogP contribution is -2.30. The summed E-state index contributed by atoms with van der Waals surface area (Å²) in [6, 6.07) is 7.41. The zero-order valence-corrected chi connectivity index (χ0v) is 14.5. The Morgan fingerprint density at radius 3 is 2.91 bits per heavy atom. The molecule has 0 aliphatic carbocycles. The number of methoxy groups -OCH3 is 1. The van der Waals surface area contributed by atoms with Crippen LogP contribution in [0.2, 0.25) is 0 Å². The van der Waals surface area contributed by atoms with Gasteiger partial charge in [0.05, 0.1) is 25.0 Å². The molecule has 1 aliphatic rings. The minimum atomic E-state index is -0.335. The molecule has 23 heavy (non-hydrogen) atoms. The molecule has 0 aromatic heterocycles. The van der Waals surface area contributed by atoms with Crippen LogP contribution in [0.5, 0.6) is 5.75 Å². The Kier molecular flexibility index (Phi) is 6.18. The molecule has 1 aromatic rings. The highest BCUT2D eigenvalue weighted by Crippen LogP contribution is 2.33. The number of hydrogen-bond donors (Lipinski definition) is 0. The number of carbonyl (C=O) groups excluding carboxylic acids is 2. The third-order valence-corrected chi connectivity index (χ3v) is 4.49. The maximum atomic E-state index is 12.4. The fourth-order valence-electron chi connectivity index (χ4n) is 2.01. The molecule has 1 amide bonds. The summed E-state index contributed by atoms with van der Waals surface area (Å²) < 4.78 is 10.5. The summed E-state index contributed by atoms with van der Waals surface area (Å²) >= 11 is 6.46. The molecule has 0 spiro atoms. The van der Waals surface area contributed by atoms with Gasteiger partial charge in [-0.1, -0.05) is 36.1 Å². The molecule has 7 heteroatoms. The number of benzene rings is 1. The second-order valence-corrected chi connectivity index (χ2v) is 6.34. The zero-order valence-electron chi connectivity index (χ0n) is 12.9. The molecule has 1 aliphatic heterocycles. The Morgan fingerprint density at radius 1 is 1.43 bits per heavy atom. The van der Waals surface area contributed by atoms with Crippen LogP contribution in [0.1, 0.15) is 18.9 Å². The van der Waals surface area contributed by atoms with Crippen molar-refractivity contribution in [3.63, 3.8) is 0 Å². The molecule has 1 heterocycles. The molecular formula is C16H17NO4S2. The van der Waals surface area contributed by atoms with Crippen LogP contribution in [-0.2, 0) is 14.3 Å². The maximum absolute atomic E-state index is 12.4. The van der Waals surface area contributed by atoms with Crippen LogP contribution in [0.3, 0.4) is 0 Å². The fraction of sp³-hybridized carbons (Fsp3) is 0.312. The zero-order chi connectivity index (χ0) is 16.8. The van der Waals surface area contributed by atoms with Crippen LogP contribution >= 0.6 is 24.0 Å². The summed E-state index contributed by atoms with van der Waals surface area (Å²) in [6.07, 6.45) is 1.90. The van der Waals surface area contributed by atoms with Gasteiger partial charge in [-0.05, 0) is 30.7 Å². The second-order valence-electron chi connectivity index (χ2n) is 4.66. The summed E-state index contributed by atoms with van der Waals surface area (Å²) in [5.74, 6) is 0.196. The van der Waals surface area contributed by atoms with Gasteiger partial charge in [-0.25, -0.2) is 0 Å². The predicted molar refractivity (Wildman–Crippen MR) is 94.1 cm³/mol. The van der Waals surface area contributed by atoms with Crippen molar-refractivity contribution < 1.29 is 19.1 Å². The molecule has 0 unspecified atom stereocenters. The maximum Gasteiger partial charge on any atom is 0.307 e. The van der Waals surface area contributed by atoms with Gasteiger partial charge in [-0.15, -0.1) is 0 Å². The molecule has 5 nitrogen and oxygen atoms in total. The smallest absolute Gasteiger partial charge is 0.307 e. The summed E-state index contributed by atoms with van der Waals surface area (Å²) in [4.78, 5) is 25.8. The Hall–Kier alpha value is -1.86. The predicted octanol–water partition coefficient (Wildman–Crippen LogP) is 2.85. The first-order chi connectivity index (χ1) is 11.0. The number of rotatable bonds is 6. The quantitative estimate of drug-likeness (QED) is 0.446. The molecule has 2 rings (SSSR count). The summed E-state index contributed by atoms with van der Waals surface area (Å²) in [5, 5.41) is 0. The molecular weight excluding hydrogens is 334 g/mol. The van der Waals surface area contributed by atoms with E-state index in [4.69, 9.17) is 21.7 Å². The average Bonchev–Trinajstić information content (AvgIpc) is 2.80. The topological polar surface area (TPSA) is 55.8 Å². The van der Waals surface area contributed by atoms with Gasteiger partial charge in [0.25, 0.3) is 5.91 Å². The SMILES string of the molecule is CCOC(=O)CCN1C(=O)/C(=C/c2cccc(OC)c2)SC1=S. The van der Waals surface area contributed by atoms with E-state index in [1.807, 2.05) is 24.3 Å². The van der Waals surface area contributed by atoms with E-state index >= 15 is 0 Å². The van der Waals surface area contributed by atoms with Gasteiger partial charge in [0.1, 0.15) is 10.1 Å². The lowest BCUT2D eigenvalue weighted by atomic mass is 10.2. The fourth-order valence-corrected chi connectivity index (χ4v) is 3.32. The second kappa shape index (κ2) is 8.12. The van der Waals surface area contributed by atoms with Gasteiger partial charge in [-0.2, -0.15) is 0 Å². The number of thiocarbonyl (C=S) groups is 1. The van der Waals surface area contributed by atoms with Crippen molar-refractivity contribution in [2.75, 3.05) is 20.3 Å². The van der Waals surface area contributed by atoms with Crippen LogP contribution in [0.25, 0.3) is 6.08 Å². The summed E-state index contributed by atoms with van der Waals surface area (Å²) in [5.41, 5.74) is 0.857. The lowest BCUT2D eigenvalue weighted by molar-refractivity contribution is -0.143. The number of thioether (sulfide) groups is 1. The number of hydrogen-bond acceptors (Lipinski definition) is 6. The number of esters is 1. The van der Waals surface area contributed by atoms with Crippen molar-refractivity contribution >= 4 is 46.3 Å². The molecule has 0 saturated carbocycles. The van der Waals surface area contributed by atoms with Crippen LogP contribution in [0.4, 0.5) is 0 Å². The Bertz CT molecular complexity index is 657. The molecule has 1 aromatic carbocycles. The van der Waals surface area contributed by atoms with E-state index in [-0.39, 0.29) is 24.8 Å². The van der Waals surface area contributed by atoms with Crippen molar-refractivity contribution in [1.29, 1.82) is 0 Å². The normalized spacial score (nSPS) is 16.1. The van der Waals surface area contributed by atoms with Gasteiger partial charge in [0, 0.05) is 6.54 Å². The van der Waals surface area contributed by atoms with Crippen LogP contribution in [0, 0.1) is 0 Å². The van der Waals surface area contributed by atoms with E-state index in [0.29, 0.717) is 15.8 Å².